The van der Waals surface area contributed by atoms with Gasteiger partial charge in [-0.1, -0.05) is 18.8 Å². The highest BCUT2D eigenvalue weighted by molar-refractivity contribution is 5.72. The van der Waals surface area contributed by atoms with E-state index in [1.54, 1.807) is 0 Å². The van der Waals surface area contributed by atoms with Crippen molar-refractivity contribution in [2.45, 2.75) is 39.0 Å². The molecule has 1 heterocycles. The van der Waals surface area contributed by atoms with Gasteiger partial charge in [0.15, 0.2) is 0 Å². The summed E-state index contributed by atoms with van der Waals surface area (Å²) < 4.78 is 10.1. The standard InChI is InChI=1S/C15H22O3/c1-3-15(10-18-11-15)9-8-12-4-6-13(7-5-12)14(16)17-2/h12-13H,3-7,10-11H2,1-2H3. The Balaban J connectivity index is 1.83. The van der Waals surface area contributed by atoms with E-state index < -0.39 is 0 Å². The maximum absolute atomic E-state index is 11.4. The second-order valence-corrected chi connectivity index (χ2v) is 5.47. The third-order valence-electron chi connectivity index (χ3n) is 4.24. The van der Waals surface area contributed by atoms with Crippen molar-refractivity contribution in [3.63, 3.8) is 0 Å². The van der Waals surface area contributed by atoms with E-state index in [4.69, 9.17) is 9.47 Å². The highest BCUT2D eigenvalue weighted by Crippen LogP contribution is 2.32. The van der Waals surface area contributed by atoms with E-state index in [2.05, 4.69) is 18.8 Å². The molecule has 100 valence electrons. The molecule has 0 aromatic carbocycles. The van der Waals surface area contributed by atoms with Gasteiger partial charge in [0.25, 0.3) is 0 Å². The fourth-order valence-corrected chi connectivity index (χ4v) is 2.61. The lowest BCUT2D eigenvalue weighted by Crippen LogP contribution is -2.40. The fourth-order valence-electron chi connectivity index (χ4n) is 2.61. The Morgan fingerprint density at radius 2 is 2.00 bits per heavy atom. The van der Waals surface area contributed by atoms with Crippen molar-refractivity contribution in [3.05, 3.63) is 0 Å². The van der Waals surface area contributed by atoms with Crippen LogP contribution in [0.1, 0.15) is 39.0 Å². The minimum Gasteiger partial charge on any atom is -0.469 e. The molecule has 0 bridgehead atoms. The molecule has 0 aromatic rings. The molecule has 0 amide bonds. The van der Waals surface area contributed by atoms with Crippen LogP contribution < -0.4 is 0 Å². The van der Waals surface area contributed by atoms with Crippen LogP contribution in [0, 0.1) is 29.1 Å². The average Bonchev–Trinajstić information content (AvgIpc) is 2.38. The normalized spacial score (nSPS) is 29.7. The summed E-state index contributed by atoms with van der Waals surface area (Å²) in [5, 5.41) is 0. The van der Waals surface area contributed by atoms with Crippen LogP contribution in [0.2, 0.25) is 0 Å². The molecule has 1 saturated carbocycles. The van der Waals surface area contributed by atoms with Crippen molar-refractivity contribution in [3.8, 4) is 11.8 Å². The zero-order valence-corrected chi connectivity index (χ0v) is 11.3. The summed E-state index contributed by atoms with van der Waals surface area (Å²) in [5.41, 5.74) is 0.124. The summed E-state index contributed by atoms with van der Waals surface area (Å²) in [5.74, 6) is 7.32. The van der Waals surface area contributed by atoms with E-state index in [1.807, 2.05) is 0 Å². The minimum atomic E-state index is -0.0566. The lowest BCUT2D eigenvalue weighted by molar-refractivity contribution is -0.146. The summed E-state index contributed by atoms with van der Waals surface area (Å²) in [7, 11) is 1.47. The quantitative estimate of drug-likeness (QED) is 0.557. The molecule has 2 fully saturated rings. The molecule has 2 aliphatic rings. The van der Waals surface area contributed by atoms with Crippen LogP contribution in [0.15, 0.2) is 0 Å². The van der Waals surface area contributed by atoms with Gasteiger partial charge in [0.2, 0.25) is 0 Å². The third-order valence-corrected chi connectivity index (χ3v) is 4.24. The van der Waals surface area contributed by atoms with Crippen LogP contribution in [-0.2, 0) is 14.3 Å². The Kier molecular flexibility index (Phi) is 4.29. The monoisotopic (exact) mass is 250 g/mol. The Hall–Kier alpha value is -1.01. The second-order valence-electron chi connectivity index (χ2n) is 5.47. The van der Waals surface area contributed by atoms with E-state index in [0.717, 1.165) is 45.3 Å². The van der Waals surface area contributed by atoms with Gasteiger partial charge < -0.3 is 9.47 Å². The summed E-state index contributed by atoms with van der Waals surface area (Å²) in [6.07, 6.45) is 4.95. The molecule has 3 heteroatoms. The molecule has 0 unspecified atom stereocenters. The fraction of sp³-hybridized carbons (Fsp3) is 0.800. The van der Waals surface area contributed by atoms with Crippen LogP contribution in [0.3, 0.4) is 0 Å². The Morgan fingerprint density at radius 3 is 2.44 bits per heavy atom. The first-order valence-corrected chi connectivity index (χ1v) is 6.87. The van der Waals surface area contributed by atoms with E-state index >= 15 is 0 Å². The van der Waals surface area contributed by atoms with E-state index in [9.17, 15) is 4.79 Å². The maximum atomic E-state index is 11.4. The van der Waals surface area contributed by atoms with Crippen LogP contribution in [0.4, 0.5) is 0 Å². The first kappa shape index (κ1) is 13.4. The minimum absolute atomic E-state index is 0.0566. The highest BCUT2D eigenvalue weighted by Gasteiger charge is 2.35. The molecular formula is C15H22O3. The van der Waals surface area contributed by atoms with Crippen LogP contribution in [0.5, 0.6) is 0 Å². The van der Waals surface area contributed by atoms with Gasteiger partial charge in [-0.25, -0.2) is 0 Å². The summed E-state index contributed by atoms with van der Waals surface area (Å²) in [6.45, 7) is 3.74. The number of rotatable bonds is 2. The van der Waals surface area contributed by atoms with Gasteiger partial charge >= 0.3 is 5.97 Å². The van der Waals surface area contributed by atoms with Gasteiger partial charge in [-0.05, 0) is 32.1 Å². The molecule has 1 saturated heterocycles. The Labute approximate surface area is 109 Å². The lowest BCUT2D eigenvalue weighted by atomic mass is 9.80. The van der Waals surface area contributed by atoms with E-state index in [1.165, 1.54) is 7.11 Å². The van der Waals surface area contributed by atoms with Crippen molar-refractivity contribution < 1.29 is 14.3 Å². The molecule has 3 nitrogen and oxygen atoms in total. The first-order valence-electron chi connectivity index (χ1n) is 6.87. The largest absolute Gasteiger partial charge is 0.469 e. The highest BCUT2D eigenvalue weighted by atomic mass is 16.5. The van der Waals surface area contributed by atoms with E-state index in [-0.39, 0.29) is 17.3 Å². The molecule has 0 atom stereocenters. The summed E-state index contributed by atoms with van der Waals surface area (Å²) in [6, 6.07) is 0. The van der Waals surface area contributed by atoms with Crippen LogP contribution >= 0.6 is 0 Å². The molecule has 18 heavy (non-hydrogen) atoms. The van der Waals surface area contributed by atoms with Gasteiger partial charge in [-0.3, -0.25) is 4.79 Å². The zero-order valence-electron chi connectivity index (χ0n) is 11.3. The molecular weight excluding hydrogens is 228 g/mol. The number of esters is 1. The van der Waals surface area contributed by atoms with Gasteiger partial charge in [-0.2, -0.15) is 0 Å². The lowest BCUT2D eigenvalue weighted by Gasteiger charge is -2.36. The van der Waals surface area contributed by atoms with Crippen molar-refractivity contribution in [2.75, 3.05) is 20.3 Å². The third kappa shape index (κ3) is 2.87. The summed E-state index contributed by atoms with van der Waals surface area (Å²) in [4.78, 5) is 11.4. The predicted octanol–water partition coefficient (Wildman–Crippen LogP) is 2.40. The zero-order chi connectivity index (χ0) is 13.0. The van der Waals surface area contributed by atoms with Crippen molar-refractivity contribution in [2.24, 2.45) is 17.3 Å². The van der Waals surface area contributed by atoms with E-state index in [0.29, 0.717) is 5.92 Å². The Morgan fingerprint density at radius 1 is 1.33 bits per heavy atom. The maximum Gasteiger partial charge on any atom is 0.308 e. The number of carbonyl (C=O) groups is 1. The molecule has 1 aliphatic heterocycles. The second kappa shape index (κ2) is 5.75. The number of carbonyl (C=O) groups excluding carboxylic acids is 1. The Bertz CT molecular complexity index is 346. The smallest absolute Gasteiger partial charge is 0.308 e. The SMILES string of the molecule is CCC1(C#CC2CCC(C(=O)OC)CC2)COC1. The number of ether oxygens (including phenoxy) is 2. The number of hydrogen-bond acceptors (Lipinski definition) is 3. The van der Waals surface area contributed by atoms with Crippen molar-refractivity contribution in [1.82, 2.24) is 0 Å². The van der Waals surface area contributed by atoms with Gasteiger partial charge in [0, 0.05) is 5.92 Å². The molecule has 0 aromatic heterocycles. The van der Waals surface area contributed by atoms with Crippen LogP contribution in [0.25, 0.3) is 0 Å². The average molecular weight is 250 g/mol. The molecule has 2 rings (SSSR count). The first-order chi connectivity index (χ1) is 8.69. The number of hydrogen-bond donors (Lipinski definition) is 0. The van der Waals surface area contributed by atoms with Gasteiger partial charge in [0.05, 0.1) is 31.7 Å². The topological polar surface area (TPSA) is 35.5 Å². The van der Waals surface area contributed by atoms with Crippen molar-refractivity contribution in [1.29, 1.82) is 0 Å². The van der Waals surface area contributed by atoms with Crippen LogP contribution in [-0.4, -0.2) is 26.3 Å². The van der Waals surface area contributed by atoms with Gasteiger partial charge in [-0.15, -0.1) is 0 Å². The molecule has 0 spiro atoms. The van der Waals surface area contributed by atoms with Crippen molar-refractivity contribution >= 4 is 5.97 Å². The molecule has 0 N–H and O–H groups in total. The van der Waals surface area contributed by atoms with Gasteiger partial charge in [0.1, 0.15) is 0 Å². The molecule has 1 aliphatic carbocycles. The number of methoxy groups -OCH3 is 1. The molecule has 0 radical (unpaired) electrons. The predicted molar refractivity (Wildman–Crippen MR) is 68.8 cm³/mol. The summed E-state index contributed by atoms with van der Waals surface area (Å²) >= 11 is 0.